The molecule has 1 aromatic carbocycles. The lowest BCUT2D eigenvalue weighted by Gasteiger charge is -2.29. The van der Waals surface area contributed by atoms with E-state index in [0.29, 0.717) is 0 Å². The van der Waals surface area contributed by atoms with Gasteiger partial charge >= 0.3 is 0 Å². The summed E-state index contributed by atoms with van der Waals surface area (Å²) in [5.41, 5.74) is 9.57. The van der Waals surface area contributed by atoms with Gasteiger partial charge in [-0.15, -0.1) is 0 Å². The monoisotopic (exact) mass is 256 g/mol. The first kappa shape index (κ1) is 12.3. The smallest absolute Gasteiger partial charge is 0.123 e. The van der Waals surface area contributed by atoms with Gasteiger partial charge in [-0.25, -0.2) is 4.39 Å². The molecule has 3 rings (SSSR count). The minimum absolute atomic E-state index is 0.187. The van der Waals surface area contributed by atoms with Gasteiger partial charge in [0.2, 0.25) is 0 Å². The van der Waals surface area contributed by atoms with Crippen LogP contribution in [0.2, 0.25) is 0 Å². The number of benzene rings is 1. The van der Waals surface area contributed by atoms with E-state index in [2.05, 4.69) is 11.1 Å². The van der Waals surface area contributed by atoms with Crippen LogP contribution in [0.3, 0.4) is 0 Å². The van der Waals surface area contributed by atoms with E-state index in [9.17, 15) is 4.39 Å². The maximum atomic E-state index is 13.3. The molecule has 0 saturated heterocycles. The Morgan fingerprint density at radius 2 is 2.16 bits per heavy atom. The Morgan fingerprint density at radius 3 is 3.00 bits per heavy atom. The number of aromatic nitrogens is 1. The van der Waals surface area contributed by atoms with Gasteiger partial charge < -0.3 is 5.73 Å². The van der Waals surface area contributed by atoms with E-state index in [4.69, 9.17) is 5.73 Å². The minimum Gasteiger partial charge on any atom is -0.323 e. The van der Waals surface area contributed by atoms with Crippen molar-refractivity contribution in [1.82, 2.24) is 4.98 Å². The number of hydrogen-bond donors (Lipinski definition) is 1. The summed E-state index contributed by atoms with van der Waals surface area (Å²) in [5.74, 6) is -0.0447. The van der Waals surface area contributed by atoms with E-state index in [-0.39, 0.29) is 17.8 Å². The molecule has 0 amide bonds. The van der Waals surface area contributed by atoms with Gasteiger partial charge in [-0.05, 0) is 48.6 Å². The van der Waals surface area contributed by atoms with Gasteiger partial charge in [-0.3, -0.25) is 4.98 Å². The molecule has 0 fully saturated rings. The van der Waals surface area contributed by atoms with E-state index in [1.54, 1.807) is 6.07 Å². The molecule has 2 aromatic rings. The summed E-state index contributed by atoms with van der Waals surface area (Å²) in [6.07, 6.45) is 5.01. The zero-order valence-electron chi connectivity index (χ0n) is 10.7. The van der Waals surface area contributed by atoms with Crippen LogP contribution in [-0.2, 0) is 6.42 Å². The van der Waals surface area contributed by atoms with E-state index in [1.165, 1.54) is 17.7 Å². The standard InChI is InChI=1S/C16H17FN2/c17-13-7-1-5-12(10-13)15(18)14-8-2-4-11-6-3-9-19-16(11)14/h1,3,5-7,9-10,14-15H,2,4,8,18H2. The lowest BCUT2D eigenvalue weighted by atomic mass is 9.80. The first-order valence-corrected chi connectivity index (χ1v) is 6.70. The third-order valence-electron chi connectivity index (χ3n) is 3.91. The number of fused-ring (bicyclic) bond motifs is 1. The molecule has 2 atom stereocenters. The number of nitrogens with zero attached hydrogens (tertiary/aromatic N) is 1. The number of nitrogens with two attached hydrogens (primary N) is 1. The van der Waals surface area contributed by atoms with Crippen molar-refractivity contribution in [3.63, 3.8) is 0 Å². The molecular formula is C16H17FN2. The second-order valence-corrected chi connectivity index (χ2v) is 5.13. The molecule has 0 aliphatic heterocycles. The second kappa shape index (κ2) is 5.10. The number of halogens is 1. The highest BCUT2D eigenvalue weighted by atomic mass is 19.1. The molecule has 0 radical (unpaired) electrons. The van der Waals surface area contributed by atoms with Crippen LogP contribution in [-0.4, -0.2) is 4.98 Å². The van der Waals surface area contributed by atoms with E-state index in [0.717, 1.165) is 30.5 Å². The number of hydrogen-bond acceptors (Lipinski definition) is 2. The quantitative estimate of drug-likeness (QED) is 0.895. The molecule has 98 valence electrons. The van der Waals surface area contributed by atoms with Gasteiger partial charge in [0.15, 0.2) is 0 Å². The van der Waals surface area contributed by atoms with Crippen molar-refractivity contribution >= 4 is 0 Å². The van der Waals surface area contributed by atoms with Crippen molar-refractivity contribution in [2.45, 2.75) is 31.2 Å². The third-order valence-corrected chi connectivity index (χ3v) is 3.91. The molecule has 0 saturated carbocycles. The zero-order chi connectivity index (χ0) is 13.2. The number of rotatable bonds is 2. The molecule has 2 nitrogen and oxygen atoms in total. The summed E-state index contributed by atoms with van der Waals surface area (Å²) in [6, 6.07) is 10.5. The molecular weight excluding hydrogens is 239 g/mol. The first-order chi connectivity index (χ1) is 9.25. The minimum atomic E-state index is -0.231. The van der Waals surface area contributed by atoms with Crippen molar-refractivity contribution < 1.29 is 4.39 Å². The maximum absolute atomic E-state index is 13.3. The fourth-order valence-corrected chi connectivity index (χ4v) is 2.94. The summed E-state index contributed by atoms with van der Waals surface area (Å²) < 4.78 is 13.3. The lowest BCUT2D eigenvalue weighted by Crippen LogP contribution is -2.24. The topological polar surface area (TPSA) is 38.9 Å². The Kier molecular flexibility index (Phi) is 3.30. The van der Waals surface area contributed by atoms with E-state index in [1.807, 2.05) is 18.3 Å². The van der Waals surface area contributed by atoms with Crippen LogP contribution in [0.4, 0.5) is 4.39 Å². The molecule has 1 aromatic heterocycles. The van der Waals surface area contributed by atoms with Crippen LogP contribution in [0.15, 0.2) is 42.6 Å². The average molecular weight is 256 g/mol. The Balaban J connectivity index is 1.95. The van der Waals surface area contributed by atoms with Crippen molar-refractivity contribution in [1.29, 1.82) is 0 Å². The normalized spacial score (nSPS) is 19.8. The van der Waals surface area contributed by atoms with E-state index < -0.39 is 0 Å². The fourth-order valence-electron chi connectivity index (χ4n) is 2.94. The maximum Gasteiger partial charge on any atom is 0.123 e. The molecule has 1 aliphatic carbocycles. The summed E-state index contributed by atoms with van der Waals surface area (Å²) in [6.45, 7) is 0. The SMILES string of the molecule is NC(c1cccc(F)c1)C1CCCc2cccnc21. The second-order valence-electron chi connectivity index (χ2n) is 5.13. The predicted molar refractivity (Wildman–Crippen MR) is 73.2 cm³/mol. The van der Waals surface area contributed by atoms with Gasteiger partial charge in [0.05, 0.1) is 0 Å². The summed E-state index contributed by atoms with van der Waals surface area (Å²) >= 11 is 0. The Hall–Kier alpha value is -1.74. The van der Waals surface area contributed by atoms with Crippen LogP contribution in [0.1, 0.15) is 41.6 Å². The fraction of sp³-hybridized carbons (Fsp3) is 0.312. The predicted octanol–water partition coefficient (Wildman–Crippen LogP) is 3.34. The lowest BCUT2D eigenvalue weighted by molar-refractivity contribution is 0.461. The molecule has 0 spiro atoms. The number of aryl methyl sites for hydroxylation is 1. The van der Waals surface area contributed by atoms with Crippen molar-refractivity contribution in [2.75, 3.05) is 0 Å². The summed E-state index contributed by atoms with van der Waals surface area (Å²) in [7, 11) is 0. The molecule has 3 heteroatoms. The van der Waals surface area contributed by atoms with Gasteiger partial charge in [-0.2, -0.15) is 0 Å². The highest BCUT2D eigenvalue weighted by Crippen LogP contribution is 2.37. The van der Waals surface area contributed by atoms with Gasteiger partial charge in [0, 0.05) is 23.9 Å². The summed E-state index contributed by atoms with van der Waals surface area (Å²) in [4.78, 5) is 4.50. The van der Waals surface area contributed by atoms with Crippen molar-refractivity contribution in [3.05, 3.63) is 65.2 Å². The molecule has 1 heterocycles. The van der Waals surface area contributed by atoms with Crippen LogP contribution < -0.4 is 5.73 Å². The molecule has 19 heavy (non-hydrogen) atoms. The van der Waals surface area contributed by atoms with Crippen molar-refractivity contribution in [2.24, 2.45) is 5.73 Å². The average Bonchev–Trinajstić information content (AvgIpc) is 2.46. The van der Waals surface area contributed by atoms with Crippen LogP contribution in [0, 0.1) is 5.82 Å². The largest absolute Gasteiger partial charge is 0.323 e. The summed E-state index contributed by atoms with van der Waals surface area (Å²) in [5, 5.41) is 0. The zero-order valence-corrected chi connectivity index (χ0v) is 10.7. The van der Waals surface area contributed by atoms with Gasteiger partial charge in [-0.1, -0.05) is 18.2 Å². The Bertz CT molecular complexity index is 582. The van der Waals surface area contributed by atoms with Gasteiger partial charge in [0.25, 0.3) is 0 Å². The van der Waals surface area contributed by atoms with Gasteiger partial charge in [0.1, 0.15) is 5.82 Å². The highest BCUT2D eigenvalue weighted by Gasteiger charge is 2.27. The molecule has 1 aliphatic rings. The molecule has 2 unspecified atom stereocenters. The van der Waals surface area contributed by atoms with E-state index >= 15 is 0 Å². The Labute approximate surface area is 112 Å². The first-order valence-electron chi connectivity index (χ1n) is 6.70. The van der Waals surface area contributed by atoms with Crippen LogP contribution in [0.25, 0.3) is 0 Å². The molecule has 0 bridgehead atoms. The number of pyridine rings is 1. The van der Waals surface area contributed by atoms with Crippen LogP contribution >= 0.6 is 0 Å². The molecule has 2 N–H and O–H groups in total. The van der Waals surface area contributed by atoms with Crippen LogP contribution in [0.5, 0.6) is 0 Å². The third kappa shape index (κ3) is 2.38. The van der Waals surface area contributed by atoms with Crippen molar-refractivity contribution in [3.8, 4) is 0 Å². The Morgan fingerprint density at radius 1 is 1.26 bits per heavy atom. The highest BCUT2D eigenvalue weighted by molar-refractivity contribution is 5.31.